The Balaban J connectivity index is 2.05. The van der Waals surface area contributed by atoms with Gasteiger partial charge >= 0.3 is 0 Å². The van der Waals surface area contributed by atoms with Crippen LogP contribution in [0, 0.1) is 19.8 Å². The predicted octanol–water partition coefficient (Wildman–Crippen LogP) is 0.382. The van der Waals surface area contributed by atoms with E-state index in [0.29, 0.717) is 25.2 Å². The number of hydrogen-bond donors (Lipinski definition) is 2. The molecule has 7 heteroatoms. The van der Waals surface area contributed by atoms with Crippen molar-refractivity contribution in [2.45, 2.75) is 20.3 Å². The van der Waals surface area contributed by atoms with Crippen LogP contribution in [-0.2, 0) is 10.0 Å². The highest BCUT2D eigenvalue weighted by molar-refractivity contribution is 7.89. The number of carbonyl (C=O) groups excluding carboxylic acids is 1. The number of rotatable bonds is 3. The summed E-state index contributed by atoms with van der Waals surface area (Å²) in [4.78, 5) is 17.0. The number of amides is 1. The second-order valence-electron chi connectivity index (χ2n) is 5.25. The van der Waals surface area contributed by atoms with Crippen LogP contribution in [0.4, 0.5) is 0 Å². The van der Waals surface area contributed by atoms with E-state index in [0.717, 1.165) is 11.3 Å². The average Bonchev–Trinajstić information content (AvgIpc) is 2.82. The number of H-pyrrole nitrogens is 1. The molecule has 0 saturated carbocycles. The Morgan fingerprint density at radius 3 is 2.74 bits per heavy atom. The van der Waals surface area contributed by atoms with Gasteiger partial charge in [-0.3, -0.25) is 4.79 Å². The average molecular weight is 285 g/mol. The molecule has 0 aromatic carbocycles. The third kappa shape index (κ3) is 3.36. The molecule has 2 rings (SSSR count). The van der Waals surface area contributed by atoms with E-state index in [2.05, 4.69) is 4.98 Å². The highest BCUT2D eigenvalue weighted by Crippen LogP contribution is 2.21. The minimum absolute atomic E-state index is 0.0560. The van der Waals surface area contributed by atoms with E-state index in [9.17, 15) is 13.2 Å². The normalized spacial score (nSPS) is 19.9. The van der Waals surface area contributed by atoms with Crippen LogP contribution in [-0.4, -0.2) is 43.1 Å². The summed E-state index contributed by atoms with van der Waals surface area (Å²) in [5.74, 6) is -0.183. The summed E-state index contributed by atoms with van der Waals surface area (Å²) in [5, 5.41) is 5.04. The number of nitrogens with one attached hydrogen (secondary N) is 1. The summed E-state index contributed by atoms with van der Waals surface area (Å²) >= 11 is 0. The number of aromatic nitrogens is 1. The number of nitrogens with two attached hydrogens (primary N) is 1. The van der Waals surface area contributed by atoms with Crippen LogP contribution in [0.25, 0.3) is 0 Å². The molecule has 1 aromatic rings. The Kier molecular flexibility index (Phi) is 3.69. The number of primary sulfonamides is 1. The molecule has 1 atom stereocenters. The van der Waals surface area contributed by atoms with Crippen molar-refractivity contribution in [1.82, 2.24) is 9.88 Å². The fraction of sp³-hybridized carbons (Fsp3) is 0.583. The molecule has 3 N–H and O–H groups in total. The highest BCUT2D eigenvalue weighted by atomic mass is 32.2. The molecular weight excluding hydrogens is 266 g/mol. The zero-order valence-electron chi connectivity index (χ0n) is 11.1. The molecule has 0 spiro atoms. The molecule has 106 valence electrons. The smallest absolute Gasteiger partial charge is 0.270 e. The molecular formula is C12H19N3O3S. The van der Waals surface area contributed by atoms with Crippen molar-refractivity contribution in [3.63, 3.8) is 0 Å². The van der Waals surface area contributed by atoms with Gasteiger partial charge in [-0.2, -0.15) is 0 Å². The van der Waals surface area contributed by atoms with E-state index >= 15 is 0 Å². The first-order valence-electron chi connectivity index (χ1n) is 6.22. The number of likely N-dealkylation sites (tertiary alicyclic amines) is 1. The predicted molar refractivity (Wildman–Crippen MR) is 72.3 cm³/mol. The fourth-order valence-electron chi connectivity index (χ4n) is 2.59. The van der Waals surface area contributed by atoms with Crippen LogP contribution in [0.2, 0.25) is 0 Å². The van der Waals surface area contributed by atoms with Gasteiger partial charge in [-0.25, -0.2) is 13.6 Å². The Hall–Kier alpha value is -1.34. The molecule has 0 bridgehead atoms. The summed E-state index contributed by atoms with van der Waals surface area (Å²) in [7, 11) is -3.47. The van der Waals surface area contributed by atoms with Crippen LogP contribution in [0.3, 0.4) is 0 Å². The number of sulfonamides is 1. The maximum Gasteiger partial charge on any atom is 0.270 e. The number of nitrogens with zero attached hydrogens (tertiary/aromatic N) is 1. The Bertz CT molecular complexity index is 591. The molecule has 19 heavy (non-hydrogen) atoms. The molecule has 1 unspecified atom stereocenters. The van der Waals surface area contributed by atoms with E-state index in [1.807, 2.05) is 19.9 Å². The molecule has 1 amide bonds. The van der Waals surface area contributed by atoms with Gasteiger partial charge in [0.25, 0.3) is 5.91 Å². The summed E-state index contributed by atoms with van der Waals surface area (Å²) < 4.78 is 22.1. The molecule has 1 aliphatic heterocycles. The lowest BCUT2D eigenvalue weighted by Gasteiger charge is -2.16. The summed E-state index contributed by atoms with van der Waals surface area (Å²) in [6.45, 7) is 4.81. The minimum atomic E-state index is -3.47. The van der Waals surface area contributed by atoms with Gasteiger partial charge in [-0.1, -0.05) is 0 Å². The van der Waals surface area contributed by atoms with Gasteiger partial charge in [-0.05, 0) is 37.8 Å². The molecule has 1 saturated heterocycles. The first-order valence-corrected chi connectivity index (χ1v) is 7.94. The van der Waals surface area contributed by atoms with Crippen LogP contribution < -0.4 is 5.14 Å². The molecule has 2 heterocycles. The van der Waals surface area contributed by atoms with E-state index < -0.39 is 10.0 Å². The van der Waals surface area contributed by atoms with Crippen LogP contribution in [0.5, 0.6) is 0 Å². The van der Waals surface area contributed by atoms with Gasteiger partial charge in [-0.15, -0.1) is 0 Å². The quantitative estimate of drug-likeness (QED) is 0.840. The number of hydrogen-bond acceptors (Lipinski definition) is 3. The first-order chi connectivity index (χ1) is 8.76. The van der Waals surface area contributed by atoms with Crippen LogP contribution >= 0.6 is 0 Å². The Labute approximate surface area is 113 Å². The van der Waals surface area contributed by atoms with Crippen LogP contribution in [0.1, 0.15) is 28.2 Å². The third-order valence-corrected chi connectivity index (χ3v) is 4.34. The fourth-order valence-corrected chi connectivity index (χ4v) is 3.52. The molecule has 0 aliphatic carbocycles. The van der Waals surface area contributed by atoms with Gasteiger partial charge in [0.15, 0.2) is 0 Å². The first kappa shape index (κ1) is 14.1. The standard InChI is InChI=1S/C12H19N3O3S/c1-8-5-9(2)14-11(8)12(16)15-4-3-10(6-15)7-19(13,17)18/h5,10,14H,3-4,6-7H2,1-2H3,(H2,13,17,18). The molecule has 1 aromatic heterocycles. The lowest BCUT2D eigenvalue weighted by Crippen LogP contribution is -2.31. The van der Waals surface area contributed by atoms with Gasteiger partial charge in [0, 0.05) is 18.8 Å². The maximum absolute atomic E-state index is 12.3. The zero-order chi connectivity index (χ0) is 14.2. The SMILES string of the molecule is Cc1cc(C)c(C(=O)N2CCC(CS(N)(=O)=O)C2)[nH]1. The van der Waals surface area contributed by atoms with Crippen LogP contribution in [0.15, 0.2) is 6.07 Å². The third-order valence-electron chi connectivity index (χ3n) is 3.40. The summed E-state index contributed by atoms with van der Waals surface area (Å²) in [6, 6.07) is 1.92. The van der Waals surface area contributed by atoms with Gasteiger partial charge in [0.05, 0.1) is 5.75 Å². The second-order valence-corrected chi connectivity index (χ2v) is 6.90. The van der Waals surface area contributed by atoms with Crippen molar-refractivity contribution in [3.8, 4) is 0 Å². The molecule has 0 radical (unpaired) electrons. The molecule has 1 aliphatic rings. The Morgan fingerprint density at radius 1 is 1.53 bits per heavy atom. The lowest BCUT2D eigenvalue weighted by molar-refractivity contribution is 0.0782. The molecule has 1 fully saturated rings. The minimum Gasteiger partial charge on any atom is -0.354 e. The highest BCUT2D eigenvalue weighted by Gasteiger charge is 2.30. The number of aryl methyl sites for hydroxylation is 2. The van der Waals surface area contributed by atoms with Crippen molar-refractivity contribution in [2.75, 3.05) is 18.8 Å². The van der Waals surface area contributed by atoms with Crippen molar-refractivity contribution in [3.05, 3.63) is 23.0 Å². The van der Waals surface area contributed by atoms with E-state index in [-0.39, 0.29) is 17.6 Å². The monoisotopic (exact) mass is 285 g/mol. The second kappa shape index (κ2) is 4.97. The van der Waals surface area contributed by atoms with E-state index in [1.54, 1.807) is 4.90 Å². The van der Waals surface area contributed by atoms with Crippen molar-refractivity contribution in [2.24, 2.45) is 11.1 Å². The largest absolute Gasteiger partial charge is 0.354 e. The maximum atomic E-state index is 12.3. The Morgan fingerprint density at radius 2 is 2.21 bits per heavy atom. The van der Waals surface area contributed by atoms with E-state index in [1.165, 1.54) is 0 Å². The van der Waals surface area contributed by atoms with Gasteiger partial charge in [0.1, 0.15) is 5.69 Å². The topological polar surface area (TPSA) is 96.3 Å². The summed E-state index contributed by atoms with van der Waals surface area (Å²) in [5.41, 5.74) is 2.45. The summed E-state index contributed by atoms with van der Waals surface area (Å²) in [6.07, 6.45) is 0.681. The lowest BCUT2D eigenvalue weighted by atomic mass is 10.2. The number of carbonyl (C=O) groups is 1. The van der Waals surface area contributed by atoms with Crippen molar-refractivity contribution < 1.29 is 13.2 Å². The van der Waals surface area contributed by atoms with Gasteiger partial charge in [0.2, 0.25) is 10.0 Å². The zero-order valence-corrected chi connectivity index (χ0v) is 12.0. The van der Waals surface area contributed by atoms with E-state index in [4.69, 9.17) is 5.14 Å². The van der Waals surface area contributed by atoms with Crippen molar-refractivity contribution in [1.29, 1.82) is 0 Å². The number of aromatic amines is 1. The van der Waals surface area contributed by atoms with Gasteiger partial charge < -0.3 is 9.88 Å². The molecule has 6 nitrogen and oxygen atoms in total. The van der Waals surface area contributed by atoms with Crippen molar-refractivity contribution >= 4 is 15.9 Å².